The Kier molecular flexibility index (Phi) is 9.07. The van der Waals surface area contributed by atoms with Gasteiger partial charge in [0.15, 0.2) is 0 Å². The van der Waals surface area contributed by atoms with E-state index >= 15 is 0 Å². The lowest BCUT2D eigenvalue weighted by Gasteiger charge is -2.44. The van der Waals surface area contributed by atoms with Crippen molar-refractivity contribution in [2.75, 3.05) is 13.1 Å². The topological polar surface area (TPSA) is 139 Å². The van der Waals surface area contributed by atoms with Crippen LogP contribution in [0.1, 0.15) is 62.5 Å². The van der Waals surface area contributed by atoms with E-state index in [-0.39, 0.29) is 36.1 Å². The molecule has 0 spiro atoms. The summed E-state index contributed by atoms with van der Waals surface area (Å²) in [5.41, 5.74) is 11.7. The number of aryl methyl sites for hydroxylation is 1. The maximum absolute atomic E-state index is 13.4. The summed E-state index contributed by atoms with van der Waals surface area (Å²) in [4.78, 5) is 26.6. The van der Waals surface area contributed by atoms with E-state index in [0.29, 0.717) is 62.3 Å². The molecule has 1 aliphatic heterocycles. The summed E-state index contributed by atoms with van der Waals surface area (Å²) in [5.74, 6) is 0.417. The number of aliphatic hydroxyl groups excluding tert-OH is 1. The lowest BCUT2D eigenvalue weighted by molar-refractivity contribution is -0.141. The van der Waals surface area contributed by atoms with E-state index in [1.165, 1.54) is 0 Å². The molecule has 1 saturated heterocycles. The van der Waals surface area contributed by atoms with Crippen molar-refractivity contribution >= 4 is 11.8 Å². The first-order valence-electron chi connectivity index (χ1n) is 13.7. The van der Waals surface area contributed by atoms with Crippen molar-refractivity contribution in [3.8, 4) is 11.5 Å². The third-order valence-corrected chi connectivity index (χ3v) is 8.23. The number of nitrogens with zero attached hydrogens (tertiary/aromatic N) is 1. The van der Waals surface area contributed by atoms with Gasteiger partial charge in [-0.1, -0.05) is 36.4 Å². The number of primary amides is 1. The number of nitrogens with two attached hydrogens (primary N) is 2. The highest BCUT2D eigenvalue weighted by Gasteiger charge is 2.44. The molecule has 5 atom stereocenters. The highest BCUT2D eigenvalue weighted by atomic mass is 16.5. The van der Waals surface area contributed by atoms with Crippen LogP contribution in [-0.2, 0) is 15.2 Å². The minimum absolute atomic E-state index is 0.00206. The van der Waals surface area contributed by atoms with Gasteiger partial charge in [-0.3, -0.25) is 9.59 Å². The molecule has 1 heterocycles. The van der Waals surface area contributed by atoms with Crippen LogP contribution >= 0.6 is 0 Å². The third kappa shape index (κ3) is 6.37. The van der Waals surface area contributed by atoms with Crippen molar-refractivity contribution in [3.05, 3.63) is 59.7 Å². The smallest absolute Gasteiger partial charge is 0.225 e. The summed E-state index contributed by atoms with van der Waals surface area (Å²) >= 11 is 0. The summed E-state index contributed by atoms with van der Waals surface area (Å²) < 4.78 is 6.34. The number of piperidine rings is 1. The second-order valence-electron chi connectivity index (χ2n) is 11.0. The Labute approximate surface area is 225 Å². The zero-order valence-corrected chi connectivity index (χ0v) is 22.2. The molecular weight excluding hydrogens is 482 g/mol. The largest absolute Gasteiger partial charge is 0.457 e. The number of hydrogen-bond acceptors (Lipinski definition) is 6. The van der Waals surface area contributed by atoms with E-state index in [1.807, 2.05) is 60.4 Å². The van der Waals surface area contributed by atoms with Crippen LogP contribution in [0.5, 0.6) is 11.5 Å². The number of para-hydroxylation sites is 2. The minimum Gasteiger partial charge on any atom is -0.457 e. The SMILES string of the molecule is Cc1ccccc1Oc1ccccc1[C@](O)(CCCCC(N)=O)[C@@H]1CCCN(C(=O)[C@H]2C[C@@H](N)[C@@H](O)C2)C1. The molecule has 4 rings (SSSR count). The van der Waals surface area contributed by atoms with Crippen LogP contribution < -0.4 is 16.2 Å². The van der Waals surface area contributed by atoms with Crippen LogP contribution in [0.4, 0.5) is 0 Å². The van der Waals surface area contributed by atoms with Crippen LogP contribution in [0.2, 0.25) is 0 Å². The predicted octanol–water partition coefficient (Wildman–Crippen LogP) is 3.36. The molecule has 2 aromatic rings. The number of rotatable bonds is 10. The van der Waals surface area contributed by atoms with Gasteiger partial charge in [-0.15, -0.1) is 0 Å². The zero-order chi connectivity index (χ0) is 27.3. The quantitative estimate of drug-likeness (QED) is 0.352. The number of carbonyl (C=O) groups is 2. The number of carbonyl (C=O) groups excluding carboxylic acids is 2. The number of hydrogen-bond donors (Lipinski definition) is 4. The van der Waals surface area contributed by atoms with Gasteiger partial charge in [0.1, 0.15) is 11.5 Å². The normalized spacial score (nSPS) is 25.1. The summed E-state index contributed by atoms with van der Waals surface area (Å²) in [6.07, 6.45) is 3.57. The number of amides is 2. The van der Waals surface area contributed by atoms with Crippen molar-refractivity contribution in [2.45, 2.75) is 76.0 Å². The second-order valence-corrected chi connectivity index (χ2v) is 11.0. The van der Waals surface area contributed by atoms with Crippen LogP contribution in [-0.4, -0.2) is 52.2 Å². The summed E-state index contributed by atoms with van der Waals surface area (Å²) in [7, 11) is 0. The van der Waals surface area contributed by atoms with Gasteiger partial charge in [-0.05, 0) is 69.6 Å². The summed E-state index contributed by atoms with van der Waals surface area (Å²) in [5, 5.41) is 22.5. The zero-order valence-electron chi connectivity index (χ0n) is 22.2. The van der Waals surface area contributed by atoms with E-state index in [1.54, 1.807) is 0 Å². The second kappa shape index (κ2) is 12.3. The number of aliphatic hydroxyl groups is 2. The lowest BCUT2D eigenvalue weighted by atomic mass is 9.73. The molecule has 1 aliphatic carbocycles. The molecule has 2 fully saturated rings. The lowest BCUT2D eigenvalue weighted by Crippen LogP contribution is -2.49. The molecule has 6 N–H and O–H groups in total. The number of benzene rings is 2. The van der Waals surface area contributed by atoms with Gasteiger partial charge in [0, 0.05) is 43.0 Å². The molecule has 0 radical (unpaired) electrons. The van der Waals surface area contributed by atoms with E-state index < -0.39 is 11.7 Å². The average molecular weight is 524 g/mol. The average Bonchev–Trinajstić information content (AvgIpc) is 3.25. The minimum atomic E-state index is -1.28. The highest BCUT2D eigenvalue weighted by Crippen LogP contribution is 2.45. The summed E-state index contributed by atoms with van der Waals surface area (Å²) in [6.45, 7) is 3.01. The Morgan fingerprint density at radius 2 is 1.79 bits per heavy atom. The third-order valence-electron chi connectivity index (χ3n) is 8.23. The van der Waals surface area contributed by atoms with Crippen molar-refractivity contribution in [2.24, 2.45) is 23.3 Å². The maximum Gasteiger partial charge on any atom is 0.225 e. The molecule has 2 amide bonds. The first-order valence-corrected chi connectivity index (χ1v) is 13.7. The Hall–Kier alpha value is -2.94. The molecular formula is C30H41N3O5. The van der Waals surface area contributed by atoms with Crippen LogP contribution in [0.15, 0.2) is 48.5 Å². The van der Waals surface area contributed by atoms with Crippen LogP contribution in [0.25, 0.3) is 0 Å². The Balaban J connectivity index is 1.61. The molecule has 2 aromatic carbocycles. The van der Waals surface area contributed by atoms with Crippen molar-refractivity contribution < 1.29 is 24.5 Å². The predicted molar refractivity (Wildman–Crippen MR) is 145 cm³/mol. The summed E-state index contributed by atoms with van der Waals surface area (Å²) in [6, 6.07) is 14.9. The Bertz CT molecular complexity index is 1110. The molecule has 1 saturated carbocycles. The highest BCUT2D eigenvalue weighted by molar-refractivity contribution is 5.79. The fourth-order valence-corrected chi connectivity index (χ4v) is 6.03. The molecule has 0 bridgehead atoms. The first-order chi connectivity index (χ1) is 18.2. The number of unbranched alkanes of at least 4 members (excludes halogenated alkanes) is 1. The van der Waals surface area contributed by atoms with E-state index in [0.717, 1.165) is 18.4 Å². The van der Waals surface area contributed by atoms with E-state index in [4.69, 9.17) is 16.2 Å². The Morgan fingerprint density at radius 3 is 2.47 bits per heavy atom. The standard InChI is InChI=1S/C30H41N3O5/c1-20-9-2-4-12-26(20)38-27-13-5-3-11-23(27)30(37,15-7-6-14-28(32)35)22-10-8-16-33(19-22)29(36)21-17-24(31)25(34)18-21/h2-5,9,11-13,21-22,24-25,34,37H,6-8,10,14-19,31H2,1H3,(H2,32,35)/t21-,22+,24+,25-,30-/m0/s1. The van der Waals surface area contributed by atoms with Gasteiger partial charge in [0.25, 0.3) is 0 Å². The molecule has 8 heteroatoms. The molecule has 0 unspecified atom stereocenters. The van der Waals surface area contributed by atoms with Gasteiger partial charge in [0.2, 0.25) is 11.8 Å². The van der Waals surface area contributed by atoms with Crippen molar-refractivity contribution in [1.82, 2.24) is 4.90 Å². The first kappa shape index (κ1) is 28.1. The molecule has 38 heavy (non-hydrogen) atoms. The van der Waals surface area contributed by atoms with E-state index in [2.05, 4.69) is 0 Å². The van der Waals surface area contributed by atoms with Gasteiger partial charge < -0.3 is 31.3 Å². The number of ether oxygens (including phenoxy) is 1. The van der Waals surface area contributed by atoms with Gasteiger partial charge in [0.05, 0.1) is 11.7 Å². The fourth-order valence-electron chi connectivity index (χ4n) is 6.03. The molecule has 0 aromatic heterocycles. The monoisotopic (exact) mass is 523 g/mol. The van der Waals surface area contributed by atoms with E-state index in [9.17, 15) is 19.8 Å². The van der Waals surface area contributed by atoms with Crippen molar-refractivity contribution in [1.29, 1.82) is 0 Å². The number of likely N-dealkylation sites (tertiary alicyclic amines) is 1. The van der Waals surface area contributed by atoms with Gasteiger partial charge in [-0.25, -0.2) is 0 Å². The van der Waals surface area contributed by atoms with Crippen molar-refractivity contribution in [3.63, 3.8) is 0 Å². The maximum atomic E-state index is 13.4. The molecule has 2 aliphatic rings. The fraction of sp³-hybridized carbons (Fsp3) is 0.533. The van der Waals surface area contributed by atoms with Crippen LogP contribution in [0.3, 0.4) is 0 Å². The Morgan fingerprint density at radius 1 is 1.08 bits per heavy atom. The molecule has 206 valence electrons. The van der Waals surface area contributed by atoms with Crippen LogP contribution in [0, 0.1) is 18.8 Å². The van der Waals surface area contributed by atoms with Gasteiger partial charge >= 0.3 is 0 Å². The van der Waals surface area contributed by atoms with Gasteiger partial charge in [-0.2, -0.15) is 0 Å². The molecule has 8 nitrogen and oxygen atoms in total.